The largest absolute Gasteiger partial charge is 0.320 e. The molecule has 3 nitrogen and oxygen atoms in total. The zero-order valence-electron chi connectivity index (χ0n) is 7.97. The minimum Gasteiger partial charge on any atom is -0.320 e. The number of hydrogen-bond acceptors (Lipinski definition) is 3. The van der Waals surface area contributed by atoms with Crippen LogP contribution in [-0.2, 0) is 0 Å². The van der Waals surface area contributed by atoms with E-state index in [9.17, 15) is 0 Å². The molecule has 0 spiro atoms. The standard InChI is InChI=1S/C11H10ClN3/c12-10-3-1-8(2-4-10)11(13)9-5-6-14-15-7-9/h1-7,11H,13H2. The maximum absolute atomic E-state index is 6.06. The van der Waals surface area contributed by atoms with E-state index in [0.717, 1.165) is 11.1 Å². The van der Waals surface area contributed by atoms with Crippen LogP contribution in [0.3, 0.4) is 0 Å². The molecule has 0 amide bonds. The number of rotatable bonds is 2. The first-order chi connectivity index (χ1) is 7.27. The molecule has 1 atom stereocenters. The number of nitrogens with zero attached hydrogens (tertiary/aromatic N) is 2. The summed E-state index contributed by atoms with van der Waals surface area (Å²) in [5.41, 5.74) is 8.00. The van der Waals surface area contributed by atoms with Gasteiger partial charge in [0, 0.05) is 11.2 Å². The van der Waals surface area contributed by atoms with E-state index < -0.39 is 0 Å². The summed E-state index contributed by atoms with van der Waals surface area (Å²) in [6.45, 7) is 0. The first-order valence-corrected chi connectivity index (χ1v) is 4.93. The van der Waals surface area contributed by atoms with E-state index in [2.05, 4.69) is 10.2 Å². The van der Waals surface area contributed by atoms with Gasteiger partial charge in [-0.05, 0) is 29.3 Å². The minimum absolute atomic E-state index is 0.183. The second kappa shape index (κ2) is 4.38. The van der Waals surface area contributed by atoms with Crippen LogP contribution in [0.5, 0.6) is 0 Å². The lowest BCUT2D eigenvalue weighted by Gasteiger charge is -2.11. The molecule has 2 rings (SSSR count). The molecule has 1 heterocycles. The number of aromatic nitrogens is 2. The lowest BCUT2D eigenvalue weighted by atomic mass is 10.0. The summed E-state index contributed by atoms with van der Waals surface area (Å²) >= 11 is 5.80. The first kappa shape index (κ1) is 10.1. The van der Waals surface area contributed by atoms with Gasteiger partial charge in [-0.1, -0.05) is 23.7 Å². The predicted octanol–water partition coefficient (Wildman–Crippen LogP) is 2.18. The Kier molecular flexibility index (Phi) is 2.94. The SMILES string of the molecule is NC(c1ccc(Cl)cc1)c1ccnnc1. The average molecular weight is 220 g/mol. The van der Waals surface area contributed by atoms with Crippen LogP contribution in [0.25, 0.3) is 0 Å². The summed E-state index contributed by atoms with van der Waals surface area (Å²) in [7, 11) is 0. The Morgan fingerprint density at radius 3 is 2.33 bits per heavy atom. The lowest BCUT2D eigenvalue weighted by molar-refractivity contribution is 0.846. The number of halogens is 1. The van der Waals surface area contributed by atoms with Crippen LogP contribution in [0, 0.1) is 0 Å². The summed E-state index contributed by atoms with van der Waals surface area (Å²) in [6.07, 6.45) is 3.30. The molecule has 15 heavy (non-hydrogen) atoms. The summed E-state index contributed by atoms with van der Waals surface area (Å²) in [4.78, 5) is 0. The van der Waals surface area contributed by atoms with Crippen molar-refractivity contribution in [3.63, 3.8) is 0 Å². The molecular weight excluding hydrogens is 210 g/mol. The quantitative estimate of drug-likeness (QED) is 0.842. The Morgan fingerprint density at radius 2 is 1.73 bits per heavy atom. The minimum atomic E-state index is -0.183. The van der Waals surface area contributed by atoms with Crippen molar-refractivity contribution >= 4 is 11.6 Å². The molecule has 0 saturated heterocycles. The lowest BCUT2D eigenvalue weighted by Crippen LogP contribution is -2.11. The molecule has 0 bridgehead atoms. The van der Waals surface area contributed by atoms with Crippen molar-refractivity contribution in [2.75, 3.05) is 0 Å². The summed E-state index contributed by atoms with van der Waals surface area (Å²) in [6, 6.07) is 9.14. The highest BCUT2D eigenvalue weighted by Crippen LogP contribution is 2.19. The van der Waals surface area contributed by atoms with Crippen LogP contribution in [0.2, 0.25) is 5.02 Å². The molecule has 76 valence electrons. The van der Waals surface area contributed by atoms with Crippen LogP contribution >= 0.6 is 11.6 Å². The second-order valence-corrected chi connectivity index (χ2v) is 3.64. The van der Waals surface area contributed by atoms with Crippen molar-refractivity contribution in [1.29, 1.82) is 0 Å². The molecule has 4 heteroatoms. The molecule has 1 aromatic heterocycles. The van der Waals surface area contributed by atoms with Crippen molar-refractivity contribution in [2.24, 2.45) is 5.73 Å². The van der Waals surface area contributed by atoms with Gasteiger partial charge in [0.2, 0.25) is 0 Å². The van der Waals surface area contributed by atoms with E-state index in [1.54, 1.807) is 12.4 Å². The zero-order chi connectivity index (χ0) is 10.7. The Balaban J connectivity index is 2.29. The maximum Gasteiger partial charge on any atom is 0.0568 e. The van der Waals surface area contributed by atoms with Crippen LogP contribution in [0.4, 0.5) is 0 Å². The highest BCUT2D eigenvalue weighted by Gasteiger charge is 2.08. The van der Waals surface area contributed by atoms with Crippen LogP contribution in [-0.4, -0.2) is 10.2 Å². The molecule has 0 aliphatic heterocycles. The van der Waals surface area contributed by atoms with Crippen molar-refractivity contribution in [2.45, 2.75) is 6.04 Å². The van der Waals surface area contributed by atoms with Gasteiger partial charge in [-0.15, -0.1) is 0 Å². The van der Waals surface area contributed by atoms with E-state index in [1.165, 1.54) is 0 Å². The molecule has 1 unspecified atom stereocenters. The van der Waals surface area contributed by atoms with Crippen molar-refractivity contribution in [1.82, 2.24) is 10.2 Å². The fourth-order valence-corrected chi connectivity index (χ4v) is 1.47. The molecular formula is C11H10ClN3. The fraction of sp³-hybridized carbons (Fsp3) is 0.0909. The van der Waals surface area contributed by atoms with Gasteiger partial charge in [0.25, 0.3) is 0 Å². The number of nitrogens with two attached hydrogens (primary N) is 1. The third kappa shape index (κ3) is 2.32. The van der Waals surface area contributed by atoms with Gasteiger partial charge in [0.1, 0.15) is 0 Å². The topological polar surface area (TPSA) is 51.8 Å². The van der Waals surface area contributed by atoms with Gasteiger partial charge in [-0.3, -0.25) is 0 Å². The molecule has 0 saturated carbocycles. The third-order valence-corrected chi connectivity index (χ3v) is 2.45. The van der Waals surface area contributed by atoms with Gasteiger partial charge >= 0.3 is 0 Å². The van der Waals surface area contributed by atoms with Crippen LogP contribution in [0.1, 0.15) is 17.2 Å². The van der Waals surface area contributed by atoms with E-state index in [4.69, 9.17) is 17.3 Å². The molecule has 0 radical (unpaired) electrons. The van der Waals surface area contributed by atoms with Crippen molar-refractivity contribution in [3.8, 4) is 0 Å². The Labute approximate surface area is 92.9 Å². The van der Waals surface area contributed by atoms with Gasteiger partial charge in [0.05, 0.1) is 12.2 Å². The Hall–Kier alpha value is -1.45. The average Bonchev–Trinajstić information content (AvgIpc) is 2.30. The van der Waals surface area contributed by atoms with Crippen LogP contribution < -0.4 is 5.73 Å². The van der Waals surface area contributed by atoms with Gasteiger partial charge in [0.15, 0.2) is 0 Å². The summed E-state index contributed by atoms with van der Waals surface area (Å²) in [5.74, 6) is 0. The van der Waals surface area contributed by atoms with Gasteiger partial charge < -0.3 is 5.73 Å². The summed E-state index contributed by atoms with van der Waals surface area (Å²) < 4.78 is 0. The normalized spacial score (nSPS) is 12.4. The second-order valence-electron chi connectivity index (χ2n) is 3.20. The molecule has 2 aromatic rings. The fourth-order valence-electron chi connectivity index (χ4n) is 1.35. The highest BCUT2D eigenvalue weighted by atomic mass is 35.5. The first-order valence-electron chi connectivity index (χ1n) is 4.55. The predicted molar refractivity (Wildman–Crippen MR) is 59.5 cm³/mol. The monoisotopic (exact) mass is 219 g/mol. The highest BCUT2D eigenvalue weighted by molar-refractivity contribution is 6.30. The van der Waals surface area contributed by atoms with E-state index in [1.807, 2.05) is 30.3 Å². The van der Waals surface area contributed by atoms with Crippen molar-refractivity contribution in [3.05, 3.63) is 58.9 Å². The van der Waals surface area contributed by atoms with E-state index >= 15 is 0 Å². The van der Waals surface area contributed by atoms with Gasteiger partial charge in [-0.2, -0.15) is 10.2 Å². The van der Waals surface area contributed by atoms with E-state index in [0.29, 0.717) is 5.02 Å². The summed E-state index contributed by atoms with van der Waals surface area (Å²) in [5, 5.41) is 8.21. The van der Waals surface area contributed by atoms with E-state index in [-0.39, 0.29) is 6.04 Å². The molecule has 0 fully saturated rings. The van der Waals surface area contributed by atoms with Crippen molar-refractivity contribution < 1.29 is 0 Å². The van der Waals surface area contributed by atoms with Crippen LogP contribution in [0.15, 0.2) is 42.7 Å². The smallest absolute Gasteiger partial charge is 0.0568 e. The zero-order valence-corrected chi connectivity index (χ0v) is 8.72. The third-order valence-electron chi connectivity index (χ3n) is 2.20. The number of hydrogen-bond donors (Lipinski definition) is 1. The van der Waals surface area contributed by atoms with Gasteiger partial charge in [-0.25, -0.2) is 0 Å². The molecule has 0 aliphatic carbocycles. The molecule has 2 N–H and O–H groups in total. The maximum atomic E-state index is 6.06. The number of benzene rings is 1. The molecule has 0 aliphatic rings. The Bertz CT molecular complexity index is 427. The Morgan fingerprint density at radius 1 is 1.00 bits per heavy atom. The molecule has 1 aromatic carbocycles.